The van der Waals surface area contributed by atoms with E-state index in [1.807, 2.05) is 19.1 Å². The summed E-state index contributed by atoms with van der Waals surface area (Å²) >= 11 is 7.20. The number of phenolic OH excluding ortho intramolecular Hbond substituents is 1. The van der Waals surface area contributed by atoms with E-state index in [2.05, 4.69) is 0 Å². The van der Waals surface area contributed by atoms with Crippen LogP contribution in [0.2, 0.25) is 5.22 Å². The number of aromatic carboxylic acids is 1. The highest BCUT2D eigenvalue weighted by Crippen LogP contribution is 2.36. The van der Waals surface area contributed by atoms with E-state index < -0.39 is 28.5 Å². The third kappa shape index (κ3) is 8.02. The van der Waals surface area contributed by atoms with Gasteiger partial charge in [0.05, 0.1) is 35.2 Å². The number of halogens is 1. The molecule has 2 aromatic carbocycles. The highest BCUT2D eigenvalue weighted by molar-refractivity contribution is 8.00. The Morgan fingerprint density at radius 3 is 2.61 bits per heavy atom. The molecule has 230 valence electrons. The molecule has 2 heterocycles. The lowest BCUT2D eigenvalue weighted by molar-refractivity contribution is 0.0662. The number of phenols is 1. The number of carboxylic acids is 1. The average Bonchev–Trinajstić information content (AvgIpc) is 3.42. The number of furan rings is 1. The summed E-state index contributed by atoms with van der Waals surface area (Å²) in [4.78, 5) is 36.1. The topological polar surface area (TPSA) is 147 Å². The van der Waals surface area contributed by atoms with Gasteiger partial charge in [-0.1, -0.05) is 37.6 Å². The monoisotopic (exact) mass is 638 g/mol. The van der Waals surface area contributed by atoms with E-state index in [1.54, 1.807) is 42.5 Å². The van der Waals surface area contributed by atoms with Crippen molar-refractivity contribution in [3.8, 4) is 11.5 Å². The number of benzene rings is 2. The maximum Gasteiger partial charge on any atom is 0.371 e. The Labute approximate surface area is 262 Å². The number of aliphatic hydroxyl groups excluding tert-OH is 1. The Balaban J connectivity index is 1.46. The molecule has 9 nitrogen and oxygen atoms in total. The van der Waals surface area contributed by atoms with Gasteiger partial charge in [-0.2, -0.15) is 0 Å². The number of thioether (sulfide) groups is 1. The van der Waals surface area contributed by atoms with Crippen LogP contribution in [-0.2, 0) is 6.42 Å². The van der Waals surface area contributed by atoms with Crippen molar-refractivity contribution in [3.05, 3.63) is 111 Å². The van der Waals surface area contributed by atoms with Crippen LogP contribution < -0.4 is 10.2 Å². The minimum Gasteiger partial charge on any atom is -0.507 e. The number of carbonyl (C=O) groups is 2. The van der Waals surface area contributed by atoms with Crippen molar-refractivity contribution in [3.63, 3.8) is 0 Å². The summed E-state index contributed by atoms with van der Waals surface area (Å²) in [5.74, 6) is -1.52. The molecule has 3 N–H and O–H groups in total. The van der Waals surface area contributed by atoms with Gasteiger partial charge in [0.15, 0.2) is 16.4 Å². The fourth-order valence-corrected chi connectivity index (χ4v) is 5.72. The van der Waals surface area contributed by atoms with E-state index in [4.69, 9.17) is 25.2 Å². The highest BCUT2D eigenvalue weighted by Gasteiger charge is 2.22. The molecule has 0 unspecified atom stereocenters. The van der Waals surface area contributed by atoms with Gasteiger partial charge in [0, 0.05) is 28.2 Å². The Morgan fingerprint density at radius 1 is 1.14 bits per heavy atom. The van der Waals surface area contributed by atoms with Crippen molar-refractivity contribution >= 4 is 46.1 Å². The van der Waals surface area contributed by atoms with E-state index >= 15 is 0 Å². The molecule has 2 aromatic heterocycles. The Hall–Kier alpha value is -4.25. The summed E-state index contributed by atoms with van der Waals surface area (Å²) < 4.78 is 16.5. The van der Waals surface area contributed by atoms with Gasteiger partial charge in [-0.15, -0.1) is 11.8 Å². The first-order valence-corrected chi connectivity index (χ1v) is 15.1. The molecule has 0 amide bonds. The van der Waals surface area contributed by atoms with Gasteiger partial charge in [0.25, 0.3) is 0 Å². The number of carbonyl (C=O) groups excluding carboxylic acids is 1. The van der Waals surface area contributed by atoms with Crippen LogP contribution in [0.1, 0.15) is 64.8 Å². The SMILES string of the molecule is CCCc1c(OCCC=CC=C[C@H](Sc2ccc3c(=O)cc(C(=O)O)oc3c2)[C@H](O)c2coc(Cl)c2)ccc(C(C)=O)c1O. The Kier molecular flexibility index (Phi) is 11.1. The molecule has 0 aliphatic rings. The molecule has 2 atom stereocenters. The molecule has 0 saturated carbocycles. The third-order valence-electron chi connectivity index (χ3n) is 6.63. The molecule has 0 fully saturated rings. The van der Waals surface area contributed by atoms with Crippen molar-refractivity contribution in [1.29, 1.82) is 0 Å². The molecule has 4 rings (SSSR count). The number of rotatable bonds is 14. The lowest BCUT2D eigenvalue weighted by Gasteiger charge is -2.18. The van der Waals surface area contributed by atoms with Crippen molar-refractivity contribution < 1.29 is 38.5 Å². The quantitative estimate of drug-likeness (QED) is 0.0553. The predicted octanol–water partition coefficient (Wildman–Crippen LogP) is 7.37. The number of aromatic hydroxyl groups is 1. The first-order chi connectivity index (χ1) is 21.1. The zero-order chi connectivity index (χ0) is 31.8. The fraction of sp³-hybridized carbons (Fsp3) is 0.242. The average molecular weight is 639 g/mol. The molecule has 0 radical (unpaired) electrons. The smallest absolute Gasteiger partial charge is 0.371 e. The number of carboxylic acid groups (broad SMARTS) is 1. The van der Waals surface area contributed by atoms with Crippen LogP contribution in [-0.4, -0.2) is 38.9 Å². The van der Waals surface area contributed by atoms with Crippen molar-refractivity contribution in [2.24, 2.45) is 0 Å². The first-order valence-electron chi connectivity index (χ1n) is 13.8. The molecule has 0 spiro atoms. The van der Waals surface area contributed by atoms with Gasteiger partial charge in [-0.05, 0) is 61.7 Å². The first kappa shape index (κ1) is 32.7. The van der Waals surface area contributed by atoms with Crippen LogP contribution >= 0.6 is 23.4 Å². The van der Waals surface area contributed by atoms with E-state index in [0.717, 1.165) is 12.5 Å². The second-order valence-electron chi connectivity index (χ2n) is 9.84. The highest BCUT2D eigenvalue weighted by atomic mass is 35.5. The van der Waals surface area contributed by atoms with Gasteiger partial charge in [0.1, 0.15) is 17.1 Å². The Morgan fingerprint density at radius 2 is 1.93 bits per heavy atom. The predicted molar refractivity (Wildman–Crippen MR) is 168 cm³/mol. The third-order valence-corrected chi connectivity index (χ3v) is 8.04. The summed E-state index contributed by atoms with van der Waals surface area (Å²) in [5, 5.41) is 30.7. The zero-order valence-electron chi connectivity index (χ0n) is 24.0. The minimum absolute atomic E-state index is 0.0350. The second-order valence-corrected chi connectivity index (χ2v) is 11.5. The number of ether oxygens (including phenoxy) is 1. The van der Waals surface area contributed by atoms with Crippen LogP contribution in [0.25, 0.3) is 11.0 Å². The van der Waals surface area contributed by atoms with Crippen LogP contribution in [0, 0.1) is 0 Å². The Bertz CT molecular complexity index is 1770. The van der Waals surface area contributed by atoms with Crippen LogP contribution in [0.3, 0.4) is 0 Å². The summed E-state index contributed by atoms with van der Waals surface area (Å²) in [7, 11) is 0. The number of ketones is 1. The largest absolute Gasteiger partial charge is 0.507 e. The summed E-state index contributed by atoms with van der Waals surface area (Å²) in [5.41, 5.74) is 1.01. The molecule has 11 heteroatoms. The van der Waals surface area contributed by atoms with E-state index in [-0.39, 0.29) is 33.3 Å². The molecule has 0 bridgehead atoms. The van der Waals surface area contributed by atoms with Gasteiger partial charge in [0.2, 0.25) is 5.76 Å². The molecule has 0 aliphatic carbocycles. The summed E-state index contributed by atoms with van der Waals surface area (Å²) in [6.45, 7) is 3.73. The summed E-state index contributed by atoms with van der Waals surface area (Å²) in [6.07, 6.45) is 9.54. The number of hydrogen-bond donors (Lipinski definition) is 3. The summed E-state index contributed by atoms with van der Waals surface area (Å²) in [6, 6.07) is 10.5. The van der Waals surface area contributed by atoms with E-state index in [0.29, 0.717) is 41.2 Å². The molecule has 4 aromatic rings. The zero-order valence-corrected chi connectivity index (χ0v) is 25.6. The number of hydrogen-bond acceptors (Lipinski definition) is 9. The lowest BCUT2D eigenvalue weighted by atomic mass is 10.0. The molecule has 0 aliphatic heterocycles. The van der Waals surface area contributed by atoms with Crippen molar-refractivity contribution in [2.75, 3.05) is 6.61 Å². The molecular weight excluding hydrogens is 608 g/mol. The lowest BCUT2D eigenvalue weighted by Crippen LogP contribution is -2.12. The van der Waals surface area contributed by atoms with Crippen molar-refractivity contribution in [2.45, 2.75) is 49.4 Å². The van der Waals surface area contributed by atoms with Crippen molar-refractivity contribution in [1.82, 2.24) is 0 Å². The standard InChI is InChI=1S/C33H31ClO9S/c1-3-8-24-26(13-12-22(19(2)35)32(24)38)41-14-7-5-4-6-9-29(31(37)20-15-30(34)42-18-20)44-21-10-11-23-25(36)17-28(33(39)40)43-27(23)16-21/h4-6,9-13,15-18,29,31,37-38H,3,7-8,14H2,1-2H3,(H,39,40)/t29-,31+/m0/s1. The number of aliphatic hydroxyl groups is 1. The van der Waals surface area contributed by atoms with Crippen LogP contribution in [0.15, 0.2) is 91.6 Å². The maximum absolute atomic E-state index is 12.3. The molecule has 0 saturated heterocycles. The number of allylic oxidation sites excluding steroid dienone is 2. The fourth-order valence-electron chi connectivity index (χ4n) is 4.46. The van der Waals surface area contributed by atoms with Gasteiger partial charge < -0.3 is 28.9 Å². The second kappa shape index (κ2) is 15.0. The van der Waals surface area contributed by atoms with E-state index in [9.17, 15) is 29.7 Å². The normalized spacial score (nSPS) is 13.1. The minimum atomic E-state index is -1.35. The van der Waals surface area contributed by atoms with E-state index in [1.165, 1.54) is 31.0 Å². The van der Waals surface area contributed by atoms with Gasteiger partial charge in [-0.25, -0.2) is 4.79 Å². The number of Topliss-reactive ketones (excluding diaryl/α,β-unsaturated/α-hetero) is 1. The van der Waals surface area contributed by atoms with Gasteiger partial charge in [-0.3, -0.25) is 9.59 Å². The maximum atomic E-state index is 12.3. The van der Waals surface area contributed by atoms with Crippen LogP contribution in [0.4, 0.5) is 0 Å². The number of fused-ring (bicyclic) bond motifs is 1. The molecule has 44 heavy (non-hydrogen) atoms. The molecular formula is C33H31ClO9S. The van der Waals surface area contributed by atoms with Gasteiger partial charge >= 0.3 is 5.97 Å². The van der Waals surface area contributed by atoms with Crippen LogP contribution in [0.5, 0.6) is 11.5 Å².